The number of nitrogens with one attached hydrogen (secondary N) is 1. The third kappa shape index (κ3) is 6.08. The van der Waals surface area contributed by atoms with Crippen LogP contribution in [0.4, 0.5) is 16.6 Å². The Kier molecular flexibility index (Phi) is 8.73. The molecule has 0 atom stereocenters. The fraction of sp³-hybridized carbons (Fsp3) is 0.357. The van der Waals surface area contributed by atoms with Crippen LogP contribution in [0, 0.1) is 11.3 Å². The summed E-state index contributed by atoms with van der Waals surface area (Å²) in [6.45, 7) is 2.04. The number of carbonyl (C=O) groups excluding carboxylic acids is 1. The van der Waals surface area contributed by atoms with E-state index in [4.69, 9.17) is 21.1 Å². The van der Waals surface area contributed by atoms with Crippen molar-refractivity contribution in [3.8, 4) is 34.6 Å². The molecule has 14 heteroatoms. The molecule has 1 N–H and O–H groups in total. The van der Waals surface area contributed by atoms with Crippen LogP contribution in [0.15, 0.2) is 43.1 Å². The Balaban J connectivity index is 1.29. The Bertz CT molecular complexity index is 1560. The molecular formula is C28H29ClN10O3. The maximum absolute atomic E-state index is 13.1. The molecular weight excluding hydrogens is 560 g/mol. The van der Waals surface area contributed by atoms with E-state index in [1.54, 1.807) is 48.2 Å². The summed E-state index contributed by atoms with van der Waals surface area (Å²) >= 11 is 6.32. The zero-order valence-corrected chi connectivity index (χ0v) is 24.1. The van der Waals surface area contributed by atoms with Crippen molar-refractivity contribution in [2.45, 2.75) is 44.7 Å². The van der Waals surface area contributed by atoms with Crippen LogP contribution in [0.3, 0.4) is 0 Å². The minimum absolute atomic E-state index is 0.0681. The molecule has 1 saturated carbocycles. The predicted molar refractivity (Wildman–Crippen MR) is 155 cm³/mol. The first-order chi connectivity index (χ1) is 20.4. The number of carbonyl (C=O) groups is 1. The molecule has 42 heavy (non-hydrogen) atoms. The zero-order chi connectivity index (χ0) is 29.6. The number of amides is 1. The van der Waals surface area contributed by atoms with Crippen LogP contribution in [0.2, 0.25) is 5.02 Å². The minimum Gasteiger partial charge on any atom is -0.467 e. The van der Waals surface area contributed by atoms with Crippen molar-refractivity contribution in [3.63, 3.8) is 0 Å². The van der Waals surface area contributed by atoms with E-state index in [9.17, 15) is 10.1 Å². The molecule has 216 valence electrons. The normalized spacial score (nSPS) is 16.4. The largest absolute Gasteiger partial charge is 0.467 e. The van der Waals surface area contributed by atoms with Gasteiger partial charge in [0.1, 0.15) is 23.3 Å². The molecule has 0 unspecified atom stereocenters. The fourth-order valence-electron chi connectivity index (χ4n) is 4.94. The molecule has 1 aliphatic rings. The summed E-state index contributed by atoms with van der Waals surface area (Å²) < 4.78 is 12.0. The second kappa shape index (κ2) is 12.8. The molecule has 4 aromatic heterocycles. The lowest BCUT2D eigenvalue weighted by atomic mass is 9.90. The third-order valence-corrected chi connectivity index (χ3v) is 7.30. The second-order valence-electron chi connectivity index (χ2n) is 9.61. The van der Waals surface area contributed by atoms with Crippen molar-refractivity contribution in [2.24, 2.45) is 7.05 Å². The first kappa shape index (κ1) is 28.7. The van der Waals surface area contributed by atoms with E-state index in [2.05, 4.69) is 41.4 Å². The molecule has 13 nitrogen and oxygen atoms in total. The van der Waals surface area contributed by atoms with Gasteiger partial charge in [-0.3, -0.25) is 9.58 Å². The predicted octanol–water partition coefficient (Wildman–Crippen LogP) is 4.65. The van der Waals surface area contributed by atoms with Crippen LogP contribution in [-0.4, -0.2) is 66.6 Å². The second-order valence-corrected chi connectivity index (χ2v) is 10.0. The Morgan fingerprint density at radius 2 is 1.83 bits per heavy atom. The molecule has 5 rings (SSSR count). The van der Waals surface area contributed by atoms with Gasteiger partial charge in [0.05, 0.1) is 36.7 Å². The van der Waals surface area contributed by atoms with Gasteiger partial charge in [-0.05, 0) is 44.7 Å². The van der Waals surface area contributed by atoms with Crippen molar-refractivity contribution in [1.82, 2.24) is 34.7 Å². The van der Waals surface area contributed by atoms with Crippen molar-refractivity contribution in [3.05, 3.63) is 53.7 Å². The number of aromatic nitrogens is 7. The summed E-state index contributed by atoms with van der Waals surface area (Å²) in [6, 6.07) is 6.05. The molecule has 4 heterocycles. The number of hydrogen-bond acceptors (Lipinski definition) is 11. The van der Waals surface area contributed by atoms with Crippen LogP contribution in [0.5, 0.6) is 6.01 Å². The zero-order valence-electron chi connectivity index (χ0n) is 23.4. The third-order valence-electron chi connectivity index (χ3n) is 7.03. The number of nitrogens with zero attached hydrogens (tertiary/aromatic N) is 9. The van der Waals surface area contributed by atoms with Gasteiger partial charge in [-0.1, -0.05) is 11.6 Å². The SMILES string of the molecule is CCOC(=O)N(c1ccc(-c2cnc(OC)nc2)cn1)[C@H]1CC[C@H](Nc2ncc(C#N)c(-c3c(Cl)cnn3C)n2)CC1. The van der Waals surface area contributed by atoms with Crippen molar-refractivity contribution in [1.29, 1.82) is 5.26 Å². The average Bonchev–Trinajstić information content (AvgIpc) is 3.35. The van der Waals surface area contributed by atoms with Crippen LogP contribution in [-0.2, 0) is 11.8 Å². The van der Waals surface area contributed by atoms with Gasteiger partial charge in [-0.25, -0.2) is 29.7 Å². The van der Waals surface area contributed by atoms with Crippen LogP contribution >= 0.6 is 11.6 Å². The maximum atomic E-state index is 13.1. The number of ether oxygens (including phenoxy) is 2. The Morgan fingerprint density at radius 1 is 1.10 bits per heavy atom. The summed E-state index contributed by atoms with van der Waals surface area (Å²) in [5, 5.41) is 17.5. The number of aryl methyl sites for hydroxylation is 1. The first-order valence-electron chi connectivity index (χ1n) is 13.4. The fourth-order valence-corrected chi connectivity index (χ4v) is 5.20. The highest BCUT2D eigenvalue weighted by Crippen LogP contribution is 2.32. The van der Waals surface area contributed by atoms with Gasteiger partial charge >= 0.3 is 12.1 Å². The smallest absolute Gasteiger partial charge is 0.415 e. The molecule has 0 aliphatic heterocycles. The number of anilines is 2. The number of rotatable bonds is 8. The number of hydrogen-bond donors (Lipinski definition) is 1. The number of pyridine rings is 1. The summed E-state index contributed by atoms with van der Waals surface area (Å²) in [7, 11) is 3.25. The van der Waals surface area contributed by atoms with Crippen LogP contribution in [0.25, 0.3) is 22.5 Å². The van der Waals surface area contributed by atoms with Crippen LogP contribution < -0.4 is 15.0 Å². The van der Waals surface area contributed by atoms with Crippen LogP contribution in [0.1, 0.15) is 38.2 Å². The van der Waals surface area contributed by atoms with Gasteiger partial charge in [0.2, 0.25) is 5.95 Å². The summed E-state index contributed by atoms with van der Waals surface area (Å²) in [5.41, 5.74) is 2.86. The Morgan fingerprint density at radius 3 is 2.43 bits per heavy atom. The van der Waals surface area contributed by atoms with E-state index in [-0.39, 0.29) is 24.7 Å². The lowest BCUT2D eigenvalue weighted by molar-refractivity contribution is 0.154. The van der Waals surface area contributed by atoms with Gasteiger partial charge in [-0.2, -0.15) is 10.4 Å². The highest BCUT2D eigenvalue weighted by molar-refractivity contribution is 6.33. The van der Waals surface area contributed by atoms with Crippen molar-refractivity contribution >= 4 is 29.5 Å². The molecule has 0 radical (unpaired) electrons. The molecule has 0 aromatic carbocycles. The van der Waals surface area contributed by atoms with Gasteiger partial charge in [0.25, 0.3) is 0 Å². The first-order valence-corrected chi connectivity index (χ1v) is 13.8. The number of nitriles is 1. The van der Waals surface area contributed by atoms with Gasteiger partial charge in [0.15, 0.2) is 0 Å². The Hall–Kier alpha value is -4.83. The van der Waals surface area contributed by atoms with E-state index in [1.807, 2.05) is 6.07 Å². The molecule has 1 fully saturated rings. The molecule has 0 bridgehead atoms. The minimum atomic E-state index is -0.435. The van der Waals surface area contributed by atoms with E-state index in [0.717, 1.165) is 24.0 Å². The molecule has 0 spiro atoms. The quantitative estimate of drug-likeness (QED) is 0.305. The van der Waals surface area contributed by atoms with E-state index in [1.165, 1.54) is 19.5 Å². The molecule has 0 saturated heterocycles. The number of methoxy groups -OCH3 is 1. The monoisotopic (exact) mass is 588 g/mol. The van der Waals surface area contributed by atoms with E-state index >= 15 is 0 Å². The van der Waals surface area contributed by atoms with Gasteiger partial charge in [0, 0.05) is 48.8 Å². The lowest BCUT2D eigenvalue weighted by Crippen LogP contribution is -2.45. The summed E-state index contributed by atoms with van der Waals surface area (Å²) in [6.07, 6.45) is 10.5. The van der Waals surface area contributed by atoms with Gasteiger partial charge in [-0.15, -0.1) is 0 Å². The molecule has 1 amide bonds. The van der Waals surface area contributed by atoms with Crippen molar-refractivity contribution < 1.29 is 14.3 Å². The topological polar surface area (TPSA) is 157 Å². The molecule has 1 aliphatic carbocycles. The van der Waals surface area contributed by atoms with E-state index in [0.29, 0.717) is 46.6 Å². The number of halogens is 1. The summed E-state index contributed by atoms with van der Waals surface area (Å²) in [4.78, 5) is 36.5. The maximum Gasteiger partial charge on any atom is 0.415 e. The van der Waals surface area contributed by atoms with E-state index < -0.39 is 6.09 Å². The summed E-state index contributed by atoms with van der Waals surface area (Å²) in [5.74, 6) is 0.905. The standard InChI is InChI=1S/C28H29ClN10O3/c1-4-42-28(40)39(23-10-5-17(12-31-23)19-14-33-27(41-3)34-15-19)21-8-6-20(7-9-21)36-26-32-13-18(11-30)24(37-26)25-22(29)16-35-38(25)2/h5,10,12-16,20-21H,4,6-9H2,1-3H3,(H,32,36,37)/t20-,21-. The Labute approximate surface area is 247 Å². The van der Waals surface area contributed by atoms with Crippen molar-refractivity contribution in [2.75, 3.05) is 23.9 Å². The van der Waals surface area contributed by atoms with Gasteiger partial charge < -0.3 is 14.8 Å². The molecule has 4 aromatic rings. The lowest BCUT2D eigenvalue weighted by Gasteiger charge is -2.35. The highest BCUT2D eigenvalue weighted by Gasteiger charge is 2.32. The average molecular weight is 589 g/mol. The highest BCUT2D eigenvalue weighted by atomic mass is 35.5.